The summed E-state index contributed by atoms with van der Waals surface area (Å²) in [6, 6.07) is 21.4. The number of carbonyl (C=O) groups is 1. The number of primary amides is 1. The lowest BCUT2D eigenvalue weighted by Gasteiger charge is -2.15. The molecular weight excluding hydrogens is 525 g/mol. The van der Waals surface area contributed by atoms with E-state index in [9.17, 15) is 26.7 Å². The van der Waals surface area contributed by atoms with Gasteiger partial charge in [0.2, 0.25) is 5.91 Å². The topological polar surface area (TPSA) is 60.9 Å². The summed E-state index contributed by atoms with van der Waals surface area (Å²) in [6.45, 7) is 1.71. The van der Waals surface area contributed by atoms with Crippen molar-refractivity contribution in [2.24, 2.45) is 5.73 Å². The van der Waals surface area contributed by atoms with E-state index >= 15 is 0 Å². The third-order valence-electron chi connectivity index (χ3n) is 6.44. The summed E-state index contributed by atoms with van der Waals surface area (Å²) in [7, 11) is 0. The molecule has 0 atom stereocenters. The Bertz CT molecular complexity index is 1690. The first-order valence-corrected chi connectivity index (χ1v) is 12.2. The zero-order chi connectivity index (χ0) is 28.6. The highest BCUT2D eigenvalue weighted by Crippen LogP contribution is 2.39. The largest absolute Gasteiger partial charge is 0.416 e. The van der Waals surface area contributed by atoms with E-state index in [0.717, 1.165) is 12.1 Å². The van der Waals surface area contributed by atoms with Crippen LogP contribution in [0.4, 0.5) is 22.0 Å². The average Bonchev–Trinajstić information content (AvgIpc) is 3.28. The van der Waals surface area contributed by atoms with Gasteiger partial charge in [0.1, 0.15) is 17.5 Å². The predicted molar refractivity (Wildman–Crippen MR) is 142 cm³/mol. The maximum atomic E-state index is 13.9. The van der Waals surface area contributed by atoms with Crippen LogP contribution >= 0.6 is 0 Å². The first kappa shape index (κ1) is 26.8. The standard InChI is InChI=1S/C31H22F5N3O/c1-18-14-23(16-24(15-18)31(34,35)36)30-38-27(20-6-10-25(32)11-7-20)28(21-8-12-26(33)13-9-21)39(30)17-19-2-4-22(5-3-19)29(37)40/h2-16H,17H2,1H3,(H2,37,40). The fourth-order valence-electron chi connectivity index (χ4n) is 4.57. The van der Waals surface area contributed by atoms with Crippen LogP contribution in [-0.2, 0) is 12.7 Å². The lowest BCUT2D eigenvalue weighted by atomic mass is 10.0. The molecule has 0 unspecified atom stereocenters. The quantitative estimate of drug-likeness (QED) is 0.222. The molecule has 0 bridgehead atoms. The second kappa shape index (κ2) is 10.4. The molecule has 0 radical (unpaired) electrons. The lowest BCUT2D eigenvalue weighted by molar-refractivity contribution is -0.137. The number of rotatable bonds is 6. The molecule has 0 fully saturated rings. The van der Waals surface area contributed by atoms with Crippen molar-refractivity contribution in [3.8, 4) is 33.9 Å². The molecule has 0 saturated heterocycles. The molecule has 40 heavy (non-hydrogen) atoms. The van der Waals surface area contributed by atoms with Gasteiger partial charge in [-0.15, -0.1) is 0 Å². The molecule has 202 valence electrons. The van der Waals surface area contributed by atoms with E-state index in [1.54, 1.807) is 54.0 Å². The lowest BCUT2D eigenvalue weighted by Crippen LogP contribution is -2.11. The average molecular weight is 548 g/mol. The monoisotopic (exact) mass is 547 g/mol. The van der Waals surface area contributed by atoms with Crippen molar-refractivity contribution in [3.05, 3.63) is 125 Å². The molecule has 2 N–H and O–H groups in total. The van der Waals surface area contributed by atoms with Crippen molar-refractivity contribution in [2.45, 2.75) is 19.6 Å². The molecular formula is C31H22F5N3O. The van der Waals surface area contributed by atoms with Crippen molar-refractivity contribution >= 4 is 5.91 Å². The summed E-state index contributed by atoms with van der Waals surface area (Å²) in [5.74, 6) is -1.30. The van der Waals surface area contributed by atoms with Gasteiger partial charge in [0.15, 0.2) is 0 Å². The fourth-order valence-corrected chi connectivity index (χ4v) is 4.57. The van der Waals surface area contributed by atoms with Gasteiger partial charge in [0.05, 0.1) is 17.0 Å². The number of halogens is 5. The number of hydrogen-bond acceptors (Lipinski definition) is 2. The number of benzene rings is 4. The Labute approximate surface area is 226 Å². The molecule has 0 aliphatic rings. The number of alkyl halides is 3. The summed E-state index contributed by atoms with van der Waals surface area (Å²) in [5.41, 5.74) is 8.11. The Hall–Kier alpha value is -4.79. The highest BCUT2D eigenvalue weighted by molar-refractivity contribution is 5.92. The zero-order valence-corrected chi connectivity index (χ0v) is 21.1. The molecule has 0 spiro atoms. The predicted octanol–water partition coefficient (Wildman–Crippen LogP) is 7.64. The molecule has 1 aromatic heterocycles. The van der Waals surface area contributed by atoms with Crippen molar-refractivity contribution < 1.29 is 26.7 Å². The smallest absolute Gasteiger partial charge is 0.366 e. The van der Waals surface area contributed by atoms with Gasteiger partial charge in [0, 0.05) is 28.8 Å². The first-order chi connectivity index (χ1) is 19.0. The van der Waals surface area contributed by atoms with Crippen LogP contribution in [0.15, 0.2) is 91.0 Å². The number of nitrogens with zero attached hydrogens (tertiary/aromatic N) is 2. The number of aromatic nitrogens is 2. The highest BCUT2D eigenvalue weighted by Gasteiger charge is 2.32. The van der Waals surface area contributed by atoms with E-state index < -0.39 is 29.3 Å². The SMILES string of the molecule is Cc1cc(-c2nc(-c3ccc(F)cc3)c(-c3ccc(F)cc3)n2Cc2ccc(C(N)=O)cc2)cc(C(F)(F)F)c1. The van der Waals surface area contributed by atoms with Crippen LogP contribution < -0.4 is 5.73 Å². The van der Waals surface area contributed by atoms with E-state index in [4.69, 9.17) is 10.7 Å². The normalized spacial score (nSPS) is 11.6. The highest BCUT2D eigenvalue weighted by atomic mass is 19.4. The molecule has 1 amide bonds. The van der Waals surface area contributed by atoms with E-state index in [-0.39, 0.29) is 17.9 Å². The van der Waals surface area contributed by atoms with E-state index in [1.807, 2.05) is 0 Å². The van der Waals surface area contributed by atoms with Crippen molar-refractivity contribution in [3.63, 3.8) is 0 Å². The first-order valence-electron chi connectivity index (χ1n) is 12.2. The fraction of sp³-hybridized carbons (Fsp3) is 0.0968. The van der Waals surface area contributed by atoms with Crippen LogP contribution in [0.5, 0.6) is 0 Å². The van der Waals surface area contributed by atoms with Gasteiger partial charge < -0.3 is 10.3 Å². The number of carbonyl (C=O) groups excluding carboxylic acids is 1. The maximum Gasteiger partial charge on any atom is 0.416 e. The molecule has 5 aromatic rings. The summed E-state index contributed by atoms with van der Waals surface area (Å²) < 4.78 is 70.7. The number of aryl methyl sites for hydroxylation is 1. The van der Waals surface area contributed by atoms with E-state index in [0.29, 0.717) is 39.2 Å². The Morgan fingerprint density at radius 3 is 1.93 bits per heavy atom. The Morgan fingerprint density at radius 1 is 0.800 bits per heavy atom. The summed E-state index contributed by atoms with van der Waals surface area (Å²) in [4.78, 5) is 16.4. The van der Waals surface area contributed by atoms with Gasteiger partial charge in [-0.1, -0.05) is 12.1 Å². The van der Waals surface area contributed by atoms with Crippen molar-refractivity contribution in [1.29, 1.82) is 0 Å². The van der Waals surface area contributed by atoms with Gasteiger partial charge >= 0.3 is 6.18 Å². The van der Waals surface area contributed by atoms with Gasteiger partial charge in [-0.05, 0) is 96.9 Å². The summed E-state index contributed by atoms with van der Waals surface area (Å²) in [5, 5.41) is 0. The molecule has 0 saturated carbocycles. The van der Waals surface area contributed by atoms with E-state index in [1.165, 1.54) is 36.4 Å². The zero-order valence-electron chi connectivity index (χ0n) is 21.1. The van der Waals surface area contributed by atoms with Crippen LogP contribution in [0.1, 0.15) is 27.0 Å². The molecule has 9 heteroatoms. The maximum absolute atomic E-state index is 13.9. The van der Waals surface area contributed by atoms with Gasteiger partial charge in [-0.3, -0.25) is 4.79 Å². The molecule has 4 aromatic carbocycles. The second-order valence-corrected chi connectivity index (χ2v) is 9.38. The van der Waals surface area contributed by atoms with Crippen LogP contribution in [0.25, 0.3) is 33.9 Å². The van der Waals surface area contributed by atoms with Crippen LogP contribution in [0.2, 0.25) is 0 Å². The van der Waals surface area contributed by atoms with Crippen LogP contribution in [-0.4, -0.2) is 15.5 Å². The minimum Gasteiger partial charge on any atom is -0.366 e. The third kappa shape index (κ3) is 5.49. The summed E-state index contributed by atoms with van der Waals surface area (Å²) >= 11 is 0. The Kier molecular flexibility index (Phi) is 6.97. The second-order valence-electron chi connectivity index (χ2n) is 9.38. The van der Waals surface area contributed by atoms with Crippen molar-refractivity contribution in [1.82, 2.24) is 9.55 Å². The van der Waals surface area contributed by atoms with Crippen LogP contribution in [0.3, 0.4) is 0 Å². The van der Waals surface area contributed by atoms with Gasteiger partial charge in [-0.25, -0.2) is 13.8 Å². The number of amides is 1. The number of hydrogen-bond donors (Lipinski definition) is 1. The van der Waals surface area contributed by atoms with Gasteiger partial charge in [-0.2, -0.15) is 13.2 Å². The molecule has 0 aliphatic carbocycles. The Morgan fingerprint density at radius 2 is 1.38 bits per heavy atom. The number of nitrogens with two attached hydrogens (primary N) is 1. The third-order valence-corrected chi connectivity index (χ3v) is 6.44. The van der Waals surface area contributed by atoms with Crippen LogP contribution in [0, 0.1) is 18.6 Å². The minimum absolute atomic E-state index is 0.143. The minimum atomic E-state index is -4.58. The van der Waals surface area contributed by atoms with Gasteiger partial charge in [0.25, 0.3) is 0 Å². The molecule has 1 heterocycles. The molecule has 5 rings (SSSR count). The van der Waals surface area contributed by atoms with Crippen molar-refractivity contribution in [2.75, 3.05) is 0 Å². The summed E-state index contributed by atoms with van der Waals surface area (Å²) in [6.07, 6.45) is -4.58. The Balaban J connectivity index is 1.80. The van der Waals surface area contributed by atoms with E-state index in [2.05, 4.69) is 0 Å². The molecule has 4 nitrogen and oxygen atoms in total. The molecule has 0 aliphatic heterocycles. The number of imidazole rings is 1.